The molecule has 0 rings (SSSR count). The van der Waals surface area contributed by atoms with Crippen molar-refractivity contribution in [2.45, 2.75) is 38.7 Å². The Hall–Kier alpha value is -0.370. The van der Waals surface area contributed by atoms with Crippen LogP contribution in [0.3, 0.4) is 0 Å². The van der Waals surface area contributed by atoms with Crippen molar-refractivity contribution in [1.82, 2.24) is 0 Å². The summed E-state index contributed by atoms with van der Waals surface area (Å²) in [6.45, 7) is 4.18. The van der Waals surface area contributed by atoms with Crippen molar-refractivity contribution >= 4 is 6.21 Å². The molecule has 0 aliphatic carbocycles. The fourth-order valence-electron chi connectivity index (χ4n) is 0.801. The summed E-state index contributed by atoms with van der Waals surface area (Å²) in [5.74, 6) is 0. The highest BCUT2D eigenvalue weighted by Crippen LogP contribution is 2.19. The standard InChI is InChI=1S/C8H17NO/c1-4-8(2,10-3)6-5-7-9/h7,9H,4-6H2,1-3H3. The lowest BCUT2D eigenvalue weighted by atomic mass is 9.97. The molecule has 0 fully saturated rings. The molecule has 0 spiro atoms. The Kier molecular flexibility index (Phi) is 4.28. The number of nitrogens with one attached hydrogen (secondary N) is 1. The Morgan fingerprint density at radius 1 is 1.60 bits per heavy atom. The summed E-state index contributed by atoms with van der Waals surface area (Å²) >= 11 is 0. The molecule has 1 atom stereocenters. The predicted molar refractivity (Wildman–Crippen MR) is 43.7 cm³/mol. The van der Waals surface area contributed by atoms with Gasteiger partial charge in [-0.25, -0.2) is 0 Å². The second-order valence-corrected chi connectivity index (χ2v) is 2.75. The van der Waals surface area contributed by atoms with Crippen molar-refractivity contribution in [2.75, 3.05) is 7.11 Å². The van der Waals surface area contributed by atoms with Crippen molar-refractivity contribution in [3.63, 3.8) is 0 Å². The number of hydrogen-bond acceptors (Lipinski definition) is 2. The quantitative estimate of drug-likeness (QED) is 0.588. The van der Waals surface area contributed by atoms with Crippen molar-refractivity contribution in [1.29, 1.82) is 5.41 Å². The molecule has 10 heavy (non-hydrogen) atoms. The first-order chi connectivity index (χ1) is 4.68. The lowest BCUT2D eigenvalue weighted by Crippen LogP contribution is -2.25. The van der Waals surface area contributed by atoms with Gasteiger partial charge in [-0.2, -0.15) is 0 Å². The molecule has 1 N–H and O–H groups in total. The maximum Gasteiger partial charge on any atom is 0.0651 e. The minimum atomic E-state index is -0.0163. The molecule has 0 amide bonds. The molecular formula is C8H17NO. The minimum Gasteiger partial charge on any atom is -0.379 e. The van der Waals surface area contributed by atoms with Crippen molar-refractivity contribution in [3.8, 4) is 0 Å². The lowest BCUT2D eigenvalue weighted by molar-refractivity contribution is -0.00237. The molecule has 0 aliphatic heterocycles. The summed E-state index contributed by atoms with van der Waals surface area (Å²) < 4.78 is 5.29. The molecule has 0 heterocycles. The molecule has 0 bridgehead atoms. The van der Waals surface area contributed by atoms with Gasteiger partial charge in [-0.05, 0) is 32.4 Å². The van der Waals surface area contributed by atoms with Crippen LogP contribution in [0.25, 0.3) is 0 Å². The third-order valence-electron chi connectivity index (χ3n) is 2.06. The molecule has 0 radical (unpaired) electrons. The van der Waals surface area contributed by atoms with Gasteiger partial charge in [0, 0.05) is 7.11 Å². The zero-order valence-corrected chi connectivity index (χ0v) is 7.11. The molecule has 0 aromatic rings. The molecule has 0 saturated carbocycles. The normalized spacial score (nSPS) is 16.3. The van der Waals surface area contributed by atoms with Crippen LogP contribution in [0.4, 0.5) is 0 Å². The molecule has 2 heteroatoms. The largest absolute Gasteiger partial charge is 0.379 e. The fourth-order valence-corrected chi connectivity index (χ4v) is 0.801. The summed E-state index contributed by atoms with van der Waals surface area (Å²) in [7, 11) is 1.73. The fraction of sp³-hybridized carbons (Fsp3) is 0.875. The lowest BCUT2D eigenvalue weighted by Gasteiger charge is -2.25. The van der Waals surface area contributed by atoms with Gasteiger partial charge in [0.15, 0.2) is 0 Å². The highest BCUT2D eigenvalue weighted by molar-refractivity contribution is 5.52. The number of rotatable bonds is 5. The van der Waals surface area contributed by atoms with Gasteiger partial charge < -0.3 is 10.1 Å². The van der Waals surface area contributed by atoms with E-state index in [-0.39, 0.29) is 5.60 Å². The van der Waals surface area contributed by atoms with Crippen LogP contribution in [-0.2, 0) is 4.74 Å². The molecule has 60 valence electrons. The Morgan fingerprint density at radius 3 is 2.50 bits per heavy atom. The summed E-state index contributed by atoms with van der Waals surface area (Å²) in [5.41, 5.74) is -0.0163. The maximum absolute atomic E-state index is 6.85. The number of methoxy groups -OCH3 is 1. The Balaban J connectivity index is 3.68. The van der Waals surface area contributed by atoms with E-state index in [1.54, 1.807) is 7.11 Å². The molecule has 2 nitrogen and oxygen atoms in total. The van der Waals surface area contributed by atoms with Crippen molar-refractivity contribution in [2.24, 2.45) is 0 Å². The zero-order valence-electron chi connectivity index (χ0n) is 7.11. The molecule has 0 aliphatic rings. The second-order valence-electron chi connectivity index (χ2n) is 2.75. The van der Waals surface area contributed by atoms with Gasteiger partial charge >= 0.3 is 0 Å². The first-order valence-electron chi connectivity index (χ1n) is 3.72. The van der Waals surface area contributed by atoms with E-state index in [0.29, 0.717) is 0 Å². The monoisotopic (exact) mass is 143 g/mol. The number of ether oxygens (including phenoxy) is 1. The first kappa shape index (κ1) is 9.63. The van der Waals surface area contributed by atoms with E-state index < -0.39 is 0 Å². The average molecular weight is 143 g/mol. The molecule has 0 saturated heterocycles. The first-order valence-corrected chi connectivity index (χ1v) is 3.72. The zero-order chi connectivity index (χ0) is 8.04. The van der Waals surface area contributed by atoms with Gasteiger partial charge in [0.25, 0.3) is 0 Å². The van der Waals surface area contributed by atoms with Crippen LogP contribution in [0.1, 0.15) is 33.1 Å². The SMILES string of the molecule is CCC(C)(CCC=N)OC. The smallest absolute Gasteiger partial charge is 0.0651 e. The van der Waals surface area contributed by atoms with Gasteiger partial charge in [0.2, 0.25) is 0 Å². The summed E-state index contributed by atoms with van der Waals surface area (Å²) in [5, 5.41) is 6.85. The van der Waals surface area contributed by atoms with Gasteiger partial charge in [-0.1, -0.05) is 6.92 Å². The van der Waals surface area contributed by atoms with Gasteiger partial charge in [0.1, 0.15) is 0 Å². The van der Waals surface area contributed by atoms with E-state index in [2.05, 4.69) is 13.8 Å². The minimum absolute atomic E-state index is 0.0163. The molecule has 1 unspecified atom stereocenters. The van der Waals surface area contributed by atoms with E-state index in [4.69, 9.17) is 10.1 Å². The summed E-state index contributed by atoms with van der Waals surface area (Å²) in [4.78, 5) is 0. The molecular weight excluding hydrogens is 126 g/mol. The Morgan fingerprint density at radius 2 is 2.20 bits per heavy atom. The number of hydrogen-bond donors (Lipinski definition) is 1. The van der Waals surface area contributed by atoms with Gasteiger partial charge in [-0.15, -0.1) is 0 Å². The van der Waals surface area contributed by atoms with Gasteiger partial charge in [0.05, 0.1) is 5.60 Å². The topological polar surface area (TPSA) is 33.1 Å². The van der Waals surface area contributed by atoms with Crippen molar-refractivity contribution < 1.29 is 4.74 Å². The van der Waals surface area contributed by atoms with E-state index >= 15 is 0 Å². The average Bonchev–Trinajstić information content (AvgIpc) is 2.00. The summed E-state index contributed by atoms with van der Waals surface area (Å²) in [6, 6.07) is 0. The van der Waals surface area contributed by atoms with Crippen LogP contribution in [0.2, 0.25) is 0 Å². The maximum atomic E-state index is 6.85. The Bertz CT molecular complexity index is 97.4. The van der Waals surface area contributed by atoms with E-state index in [1.165, 1.54) is 6.21 Å². The van der Waals surface area contributed by atoms with Gasteiger partial charge in [-0.3, -0.25) is 0 Å². The van der Waals surface area contributed by atoms with E-state index in [0.717, 1.165) is 19.3 Å². The third kappa shape index (κ3) is 2.97. The van der Waals surface area contributed by atoms with Crippen LogP contribution in [0.15, 0.2) is 0 Å². The molecule has 0 aromatic heterocycles. The van der Waals surface area contributed by atoms with Crippen LogP contribution >= 0.6 is 0 Å². The van der Waals surface area contributed by atoms with Crippen molar-refractivity contribution in [3.05, 3.63) is 0 Å². The third-order valence-corrected chi connectivity index (χ3v) is 2.06. The summed E-state index contributed by atoms with van der Waals surface area (Å²) in [6.07, 6.45) is 4.21. The van der Waals surface area contributed by atoms with Crippen LogP contribution < -0.4 is 0 Å². The highest BCUT2D eigenvalue weighted by Gasteiger charge is 2.19. The molecule has 0 aromatic carbocycles. The van der Waals surface area contributed by atoms with Crippen LogP contribution in [0, 0.1) is 5.41 Å². The van der Waals surface area contributed by atoms with E-state index in [9.17, 15) is 0 Å². The second kappa shape index (κ2) is 4.45. The predicted octanol–water partition coefficient (Wildman–Crippen LogP) is 2.23. The van der Waals surface area contributed by atoms with Crippen LogP contribution in [0.5, 0.6) is 0 Å². The Labute approximate surface area is 63.1 Å². The van der Waals surface area contributed by atoms with Crippen LogP contribution in [-0.4, -0.2) is 18.9 Å². The highest BCUT2D eigenvalue weighted by atomic mass is 16.5. The van der Waals surface area contributed by atoms with E-state index in [1.807, 2.05) is 0 Å².